The van der Waals surface area contributed by atoms with E-state index in [9.17, 15) is 4.39 Å². The second kappa shape index (κ2) is 4.78. The molecule has 0 radical (unpaired) electrons. The molecule has 1 saturated heterocycles. The van der Waals surface area contributed by atoms with Crippen LogP contribution in [0.4, 0.5) is 4.39 Å². The van der Waals surface area contributed by atoms with Crippen molar-refractivity contribution in [2.24, 2.45) is 0 Å². The van der Waals surface area contributed by atoms with Gasteiger partial charge in [-0.25, -0.2) is 9.37 Å². The summed E-state index contributed by atoms with van der Waals surface area (Å²) in [6.07, 6.45) is 2.37. The summed E-state index contributed by atoms with van der Waals surface area (Å²) in [5.74, 6) is -0.189. The smallest absolute Gasteiger partial charge is 0.123 e. The topological polar surface area (TPSA) is 24.9 Å². The molecule has 1 N–H and O–H groups in total. The summed E-state index contributed by atoms with van der Waals surface area (Å²) in [5, 5.41) is 6.54. The number of nitrogens with zero attached hydrogens (tertiary/aromatic N) is 1. The number of nitrogens with one attached hydrogen (secondary N) is 1. The Morgan fingerprint density at radius 3 is 3.06 bits per heavy atom. The first-order valence-corrected chi connectivity index (χ1v) is 7.07. The molecule has 2 heterocycles. The van der Waals surface area contributed by atoms with Gasteiger partial charge in [0.15, 0.2) is 0 Å². The third-order valence-corrected chi connectivity index (χ3v) is 4.25. The molecule has 0 saturated carbocycles. The van der Waals surface area contributed by atoms with E-state index >= 15 is 0 Å². The van der Waals surface area contributed by atoms with Crippen molar-refractivity contribution in [3.05, 3.63) is 40.7 Å². The second-order valence-electron chi connectivity index (χ2n) is 4.69. The molecule has 0 bridgehead atoms. The number of halogens is 1. The third kappa shape index (κ3) is 2.18. The van der Waals surface area contributed by atoms with Crippen molar-refractivity contribution in [1.29, 1.82) is 0 Å². The summed E-state index contributed by atoms with van der Waals surface area (Å²) in [4.78, 5) is 4.69. The fourth-order valence-electron chi connectivity index (χ4n) is 2.37. The van der Waals surface area contributed by atoms with E-state index in [4.69, 9.17) is 0 Å². The Morgan fingerprint density at radius 2 is 2.33 bits per heavy atom. The molecule has 1 aliphatic heterocycles. The number of rotatable bonds is 2. The molecule has 1 unspecified atom stereocenters. The third-order valence-electron chi connectivity index (χ3n) is 3.36. The quantitative estimate of drug-likeness (QED) is 0.893. The molecule has 94 valence electrons. The van der Waals surface area contributed by atoms with Crippen LogP contribution in [0.5, 0.6) is 0 Å². The van der Waals surface area contributed by atoms with E-state index in [-0.39, 0.29) is 5.82 Å². The van der Waals surface area contributed by atoms with Crippen LogP contribution in [0.25, 0.3) is 10.6 Å². The summed E-state index contributed by atoms with van der Waals surface area (Å²) in [7, 11) is 0. The fraction of sp³-hybridized carbons (Fsp3) is 0.357. The number of aryl methyl sites for hydroxylation is 1. The molecule has 1 fully saturated rings. The second-order valence-corrected chi connectivity index (χ2v) is 5.54. The van der Waals surface area contributed by atoms with Crippen molar-refractivity contribution in [2.45, 2.75) is 25.8 Å². The molecular weight excluding hydrogens is 247 g/mol. The summed E-state index contributed by atoms with van der Waals surface area (Å²) in [5.41, 5.74) is 3.09. The van der Waals surface area contributed by atoms with Gasteiger partial charge in [0.25, 0.3) is 0 Å². The number of hydrogen-bond acceptors (Lipinski definition) is 3. The maximum Gasteiger partial charge on any atom is 0.123 e. The Bertz CT molecular complexity index is 559. The maximum absolute atomic E-state index is 13.1. The lowest BCUT2D eigenvalue weighted by atomic mass is 10.1. The van der Waals surface area contributed by atoms with E-state index in [1.807, 2.05) is 13.0 Å². The Kier molecular flexibility index (Phi) is 3.14. The average molecular weight is 262 g/mol. The molecule has 1 aromatic heterocycles. The lowest BCUT2D eigenvalue weighted by molar-refractivity contribution is 0.626. The minimum Gasteiger partial charge on any atom is -0.309 e. The van der Waals surface area contributed by atoms with E-state index in [2.05, 4.69) is 15.7 Å². The van der Waals surface area contributed by atoms with Crippen LogP contribution in [-0.2, 0) is 0 Å². The number of benzene rings is 1. The van der Waals surface area contributed by atoms with Gasteiger partial charge in [-0.1, -0.05) is 0 Å². The van der Waals surface area contributed by atoms with Crippen molar-refractivity contribution in [3.8, 4) is 10.6 Å². The van der Waals surface area contributed by atoms with Crippen LogP contribution in [0.1, 0.15) is 30.1 Å². The van der Waals surface area contributed by atoms with Crippen molar-refractivity contribution >= 4 is 11.3 Å². The van der Waals surface area contributed by atoms with Gasteiger partial charge in [-0.15, -0.1) is 11.3 Å². The lowest BCUT2D eigenvalue weighted by Gasteiger charge is -2.05. The molecule has 2 aromatic rings. The van der Waals surface area contributed by atoms with Gasteiger partial charge in [0.1, 0.15) is 10.8 Å². The minimum atomic E-state index is -0.189. The molecule has 1 aromatic carbocycles. The van der Waals surface area contributed by atoms with Crippen LogP contribution < -0.4 is 5.32 Å². The first-order chi connectivity index (χ1) is 8.74. The first-order valence-electron chi connectivity index (χ1n) is 6.19. The fourth-order valence-corrected chi connectivity index (χ4v) is 3.34. The van der Waals surface area contributed by atoms with Gasteiger partial charge in [0.2, 0.25) is 0 Å². The maximum atomic E-state index is 13.1. The van der Waals surface area contributed by atoms with Gasteiger partial charge in [-0.05, 0) is 50.1 Å². The van der Waals surface area contributed by atoms with E-state index in [0.717, 1.165) is 34.8 Å². The summed E-state index contributed by atoms with van der Waals surface area (Å²) >= 11 is 1.64. The van der Waals surface area contributed by atoms with Crippen molar-refractivity contribution < 1.29 is 4.39 Å². The predicted octanol–water partition coefficient (Wildman–Crippen LogP) is 3.68. The van der Waals surface area contributed by atoms with Crippen LogP contribution in [0.3, 0.4) is 0 Å². The largest absolute Gasteiger partial charge is 0.309 e. The summed E-state index contributed by atoms with van der Waals surface area (Å²) in [6, 6.07) is 5.27. The van der Waals surface area contributed by atoms with Gasteiger partial charge in [0, 0.05) is 10.9 Å². The van der Waals surface area contributed by atoms with Gasteiger partial charge < -0.3 is 5.32 Å². The molecule has 2 nitrogen and oxygen atoms in total. The highest BCUT2D eigenvalue weighted by molar-refractivity contribution is 7.13. The van der Waals surface area contributed by atoms with Crippen LogP contribution >= 0.6 is 11.3 Å². The predicted molar refractivity (Wildman–Crippen MR) is 72.2 cm³/mol. The molecule has 1 atom stereocenters. The Labute approximate surface area is 110 Å². The van der Waals surface area contributed by atoms with Crippen molar-refractivity contribution in [3.63, 3.8) is 0 Å². The van der Waals surface area contributed by atoms with Gasteiger partial charge >= 0.3 is 0 Å². The van der Waals surface area contributed by atoms with Crippen LogP contribution in [0, 0.1) is 12.7 Å². The van der Waals surface area contributed by atoms with Gasteiger partial charge in [-0.3, -0.25) is 0 Å². The molecule has 3 rings (SSSR count). The standard InChI is InChI=1S/C14H15FN2S/c1-9-7-10(15)4-5-11(9)14-17-13(8-18-14)12-3-2-6-16-12/h4-5,7-8,12,16H,2-3,6H2,1H3. The Hall–Kier alpha value is -1.26. The summed E-state index contributed by atoms with van der Waals surface area (Å²) in [6.45, 7) is 3.00. The van der Waals surface area contributed by atoms with E-state index < -0.39 is 0 Å². The zero-order valence-electron chi connectivity index (χ0n) is 10.2. The number of thiazole rings is 1. The molecule has 0 spiro atoms. The molecule has 4 heteroatoms. The molecule has 0 amide bonds. The normalized spacial score (nSPS) is 19.3. The minimum absolute atomic E-state index is 0.189. The van der Waals surface area contributed by atoms with Crippen molar-refractivity contribution in [2.75, 3.05) is 6.54 Å². The number of hydrogen-bond donors (Lipinski definition) is 1. The zero-order chi connectivity index (χ0) is 12.5. The zero-order valence-corrected chi connectivity index (χ0v) is 11.1. The highest BCUT2D eigenvalue weighted by Gasteiger charge is 2.19. The molecule has 0 aliphatic carbocycles. The first kappa shape index (κ1) is 11.8. The van der Waals surface area contributed by atoms with Crippen LogP contribution in [0.2, 0.25) is 0 Å². The number of aromatic nitrogens is 1. The molecule has 18 heavy (non-hydrogen) atoms. The highest BCUT2D eigenvalue weighted by Crippen LogP contribution is 2.31. The highest BCUT2D eigenvalue weighted by atomic mass is 32.1. The lowest BCUT2D eigenvalue weighted by Crippen LogP contribution is -2.12. The van der Waals surface area contributed by atoms with E-state index in [0.29, 0.717) is 6.04 Å². The Balaban J connectivity index is 1.92. The Morgan fingerprint density at radius 1 is 1.44 bits per heavy atom. The van der Waals surface area contributed by atoms with Crippen molar-refractivity contribution in [1.82, 2.24) is 10.3 Å². The SMILES string of the molecule is Cc1cc(F)ccc1-c1nc(C2CCCN2)cs1. The van der Waals surface area contributed by atoms with E-state index in [1.165, 1.54) is 12.5 Å². The van der Waals surface area contributed by atoms with Gasteiger partial charge in [-0.2, -0.15) is 0 Å². The molecule has 1 aliphatic rings. The average Bonchev–Trinajstić information content (AvgIpc) is 2.99. The summed E-state index contributed by atoms with van der Waals surface area (Å²) < 4.78 is 13.1. The van der Waals surface area contributed by atoms with Crippen LogP contribution in [-0.4, -0.2) is 11.5 Å². The monoisotopic (exact) mass is 262 g/mol. The molecular formula is C14H15FN2S. The van der Waals surface area contributed by atoms with E-state index in [1.54, 1.807) is 17.4 Å². The van der Waals surface area contributed by atoms with Crippen LogP contribution in [0.15, 0.2) is 23.6 Å². The van der Waals surface area contributed by atoms with Gasteiger partial charge in [0.05, 0.1) is 11.7 Å².